The Morgan fingerprint density at radius 1 is 1.35 bits per heavy atom. The molecule has 1 aromatic heterocycles. The lowest BCUT2D eigenvalue weighted by atomic mass is 10.1. The summed E-state index contributed by atoms with van der Waals surface area (Å²) in [6, 6.07) is 8.02. The number of hydrogen-bond acceptors (Lipinski definition) is 1. The van der Waals surface area contributed by atoms with E-state index in [-0.39, 0.29) is 5.38 Å². The first-order valence-corrected chi connectivity index (χ1v) is 8.34. The van der Waals surface area contributed by atoms with Crippen LogP contribution in [0.15, 0.2) is 28.7 Å². The maximum atomic E-state index is 6.47. The zero-order valence-electron chi connectivity index (χ0n) is 8.81. The van der Waals surface area contributed by atoms with Gasteiger partial charge in [-0.25, -0.2) is 0 Å². The molecule has 0 bridgehead atoms. The van der Waals surface area contributed by atoms with E-state index in [2.05, 4.69) is 51.5 Å². The topological polar surface area (TPSA) is 0 Å². The van der Waals surface area contributed by atoms with Gasteiger partial charge in [-0.1, -0.05) is 17.7 Å². The van der Waals surface area contributed by atoms with Crippen LogP contribution in [0.25, 0.3) is 0 Å². The Morgan fingerprint density at radius 3 is 2.59 bits per heavy atom. The monoisotopic (exact) mass is 460 g/mol. The third-order valence-electron chi connectivity index (χ3n) is 2.36. The van der Waals surface area contributed by atoms with Gasteiger partial charge in [-0.05, 0) is 69.2 Å². The third kappa shape index (κ3) is 3.18. The fraction of sp³-hybridized carbons (Fsp3) is 0.167. The molecular weight excluding hydrogens is 454 g/mol. The molecule has 0 aliphatic rings. The fourth-order valence-corrected chi connectivity index (χ4v) is 3.86. The SMILES string of the molecule is Cc1sc(C(Cl)c2ccc(I)c(Cl)c2)cc1Br. The normalized spacial score (nSPS) is 12.8. The van der Waals surface area contributed by atoms with Crippen molar-refractivity contribution < 1.29 is 0 Å². The molecule has 0 saturated carbocycles. The van der Waals surface area contributed by atoms with E-state index in [0.29, 0.717) is 0 Å². The van der Waals surface area contributed by atoms with E-state index in [1.807, 2.05) is 18.2 Å². The molecule has 0 saturated heterocycles. The molecule has 5 heteroatoms. The van der Waals surface area contributed by atoms with Crippen LogP contribution in [0.3, 0.4) is 0 Å². The van der Waals surface area contributed by atoms with Crippen molar-refractivity contribution in [3.8, 4) is 0 Å². The van der Waals surface area contributed by atoms with Crippen LogP contribution in [0.1, 0.15) is 20.7 Å². The Labute approximate surface area is 137 Å². The molecule has 2 aromatic rings. The molecule has 1 unspecified atom stereocenters. The average Bonchev–Trinajstić information content (AvgIpc) is 2.62. The van der Waals surface area contributed by atoms with Crippen molar-refractivity contribution in [2.45, 2.75) is 12.3 Å². The maximum Gasteiger partial charge on any atom is 0.0928 e. The van der Waals surface area contributed by atoms with E-state index in [1.165, 1.54) is 4.88 Å². The van der Waals surface area contributed by atoms with Crippen LogP contribution in [-0.4, -0.2) is 0 Å². The van der Waals surface area contributed by atoms with Crippen molar-refractivity contribution in [1.29, 1.82) is 0 Å². The van der Waals surface area contributed by atoms with Gasteiger partial charge in [-0.3, -0.25) is 0 Å². The number of rotatable bonds is 2. The molecule has 90 valence electrons. The number of hydrogen-bond donors (Lipinski definition) is 0. The first-order chi connectivity index (χ1) is 7.99. The maximum absolute atomic E-state index is 6.47. The minimum absolute atomic E-state index is 0.139. The van der Waals surface area contributed by atoms with Crippen LogP contribution in [0.2, 0.25) is 5.02 Å². The first kappa shape index (κ1) is 14.1. The number of benzene rings is 1. The van der Waals surface area contributed by atoms with Crippen molar-refractivity contribution in [1.82, 2.24) is 0 Å². The van der Waals surface area contributed by atoms with Crippen LogP contribution in [-0.2, 0) is 0 Å². The van der Waals surface area contributed by atoms with Gasteiger partial charge in [0.05, 0.1) is 10.4 Å². The number of alkyl halides is 1. The summed E-state index contributed by atoms with van der Waals surface area (Å²) in [6.07, 6.45) is 0. The third-order valence-corrected chi connectivity index (χ3v) is 6.75. The summed E-state index contributed by atoms with van der Waals surface area (Å²) >= 11 is 20.0. The van der Waals surface area contributed by atoms with Crippen LogP contribution in [0, 0.1) is 10.5 Å². The van der Waals surface area contributed by atoms with Crippen molar-refractivity contribution in [2.24, 2.45) is 0 Å². The number of halogens is 4. The van der Waals surface area contributed by atoms with Gasteiger partial charge >= 0.3 is 0 Å². The molecule has 0 amide bonds. The Kier molecular flexibility index (Phi) is 4.80. The first-order valence-electron chi connectivity index (χ1n) is 4.84. The van der Waals surface area contributed by atoms with Gasteiger partial charge < -0.3 is 0 Å². The quantitative estimate of drug-likeness (QED) is 0.358. The van der Waals surface area contributed by atoms with E-state index in [1.54, 1.807) is 11.3 Å². The van der Waals surface area contributed by atoms with Gasteiger partial charge in [0.15, 0.2) is 0 Å². The summed E-state index contributed by atoms with van der Waals surface area (Å²) in [4.78, 5) is 2.37. The number of thiophene rings is 1. The summed E-state index contributed by atoms with van der Waals surface area (Å²) in [6.45, 7) is 2.07. The lowest BCUT2D eigenvalue weighted by Gasteiger charge is -2.08. The van der Waals surface area contributed by atoms with Crippen LogP contribution in [0.5, 0.6) is 0 Å². The molecule has 0 aliphatic heterocycles. The summed E-state index contributed by atoms with van der Waals surface area (Å²) in [5, 5.41) is 0.612. The van der Waals surface area contributed by atoms with Crippen molar-refractivity contribution in [3.63, 3.8) is 0 Å². The van der Waals surface area contributed by atoms with Crippen molar-refractivity contribution >= 4 is 73.1 Å². The Balaban J connectivity index is 2.36. The van der Waals surface area contributed by atoms with E-state index in [4.69, 9.17) is 23.2 Å². The summed E-state index contributed by atoms with van der Waals surface area (Å²) in [5.41, 5.74) is 1.03. The molecule has 1 heterocycles. The highest BCUT2D eigenvalue weighted by Gasteiger charge is 2.15. The summed E-state index contributed by atoms with van der Waals surface area (Å²) < 4.78 is 2.15. The predicted molar refractivity (Wildman–Crippen MR) is 88.6 cm³/mol. The molecule has 17 heavy (non-hydrogen) atoms. The molecular formula is C12H8BrCl2IS. The van der Waals surface area contributed by atoms with Gasteiger partial charge in [0.25, 0.3) is 0 Å². The molecule has 2 rings (SSSR count). The minimum Gasteiger partial charge on any atom is -0.143 e. The van der Waals surface area contributed by atoms with E-state index < -0.39 is 0 Å². The summed E-state index contributed by atoms with van der Waals surface area (Å²) in [7, 11) is 0. The average molecular weight is 462 g/mol. The highest BCUT2D eigenvalue weighted by molar-refractivity contribution is 14.1. The van der Waals surface area contributed by atoms with E-state index in [0.717, 1.165) is 23.5 Å². The van der Waals surface area contributed by atoms with Gasteiger partial charge in [-0.15, -0.1) is 22.9 Å². The largest absolute Gasteiger partial charge is 0.143 e. The van der Waals surface area contributed by atoms with Crippen molar-refractivity contribution in [2.75, 3.05) is 0 Å². The van der Waals surface area contributed by atoms with Crippen LogP contribution < -0.4 is 0 Å². The lowest BCUT2D eigenvalue weighted by Crippen LogP contribution is -1.90. The van der Waals surface area contributed by atoms with Gasteiger partial charge in [0.1, 0.15) is 0 Å². The molecule has 0 radical (unpaired) electrons. The molecule has 0 aliphatic carbocycles. The molecule has 0 fully saturated rings. The Hall–Kier alpha value is 0.710. The molecule has 0 nitrogen and oxygen atoms in total. The van der Waals surface area contributed by atoms with Crippen LogP contribution >= 0.6 is 73.1 Å². The summed E-state index contributed by atoms with van der Waals surface area (Å²) in [5.74, 6) is 0. The van der Waals surface area contributed by atoms with Gasteiger partial charge in [0, 0.05) is 17.8 Å². The second-order valence-corrected chi connectivity index (χ2v) is 7.74. The second-order valence-electron chi connectivity index (χ2n) is 3.59. The predicted octanol–water partition coefficient (Wildman–Crippen LogP) is 6.41. The van der Waals surface area contributed by atoms with Crippen LogP contribution in [0.4, 0.5) is 0 Å². The van der Waals surface area contributed by atoms with Gasteiger partial charge in [0.2, 0.25) is 0 Å². The van der Waals surface area contributed by atoms with E-state index >= 15 is 0 Å². The Bertz CT molecular complexity index is 534. The highest BCUT2D eigenvalue weighted by Crippen LogP contribution is 2.38. The van der Waals surface area contributed by atoms with E-state index in [9.17, 15) is 0 Å². The zero-order chi connectivity index (χ0) is 12.6. The molecule has 1 atom stereocenters. The molecule has 0 N–H and O–H groups in total. The molecule has 1 aromatic carbocycles. The number of aryl methyl sites for hydroxylation is 1. The fourth-order valence-electron chi connectivity index (χ4n) is 1.44. The second kappa shape index (κ2) is 5.78. The lowest BCUT2D eigenvalue weighted by molar-refractivity contribution is 1.18. The smallest absolute Gasteiger partial charge is 0.0928 e. The highest BCUT2D eigenvalue weighted by atomic mass is 127. The van der Waals surface area contributed by atoms with Gasteiger partial charge in [-0.2, -0.15) is 0 Å². The van der Waals surface area contributed by atoms with Crippen molar-refractivity contribution in [3.05, 3.63) is 52.6 Å². The minimum atomic E-state index is -0.139. The molecule has 0 spiro atoms. The Morgan fingerprint density at radius 2 is 2.06 bits per heavy atom. The zero-order valence-corrected chi connectivity index (χ0v) is 14.9. The standard InChI is InChI=1S/C12H8BrCl2IS/c1-6-8(13)5-11(17-6)12(15)7-2-3-10(16)9(14)4-7/h2-5,12H,1H3.